The molecule has 1 saturated carbocycles. The first-order valence-corrected chi connectivity index (χ1v) is 6.08. The van der Waals surface area contributed by atoms with Crippen molar-refractivity contribution in [3.8, 4) is 0 Å². The summed E-state index contributed by atoms with van der Waals surface area (Å²) in [6.45, 7) is 7.86. The van der Waals surface area contributed by atoms with Crippen molar-refractivity contribution in [3.63, 3.8) is 0 Å². The molecule has 1 aliphatic carbocycles. The lowest BCUT2D eigenvalue weighted by molar-refractivity contribution is -0.0724. The van der Waals surface area contributed by atoms with E-state index in [1.54, 1.807) is 0 Å². The fourth-order valence-corrected chi connectivity index (χ4v) is 3.03. The third-order valence-corrected chi connectivity index (χ3v) is 3.85. The van der Waals surface area contributed by atoms with Gasteiger partial charge in [-0.2, -0.15) is 0 Å². The number of rotatable bonds is 1. The Morgan fingerprint density at radius 1 is 1.29 bits per heavy atom. The Balaban J connectivity index is 1.99. The van der Waals surface area contributed by atoms with Gasteiger partial charge in [0.1, 0.15) is 0 Å². The predicted octanol–water partition coefficient (Wildman–Crippen LogP) is 2.19. The van der Waals surface area contributed by atoms with E-state index in [0.717, 1.165) is 18.4 Å². The van der Waals surface area contributed by atoms with Crippen molar-refractivity contribution in [1.82, 2.24) is 5.32 Å². The molecule has 1 heterocycles. The third kappa shape index (κ3) is 1.96. The Morgan fingerprint density at radius 2 is 2.07 bits per heavy atom. The number of hydrogen-bond acceptors (Lipinski definition) is 2. The van der Waals surface area contributed by atoms with Gasteiger partial charge in [0.25, 0.3) is 0 Å². The molecule has 2 rings (SSSR count). The molecule has 0 aromatic heterocycles. The summed E-state index contributed by atoms with van der Waals surface area (Å²) in [6.07, 6.45) is 4.27. The quantitative estimate of drug-likeness (QED) is 0.695. The second kappa shape index (κ2) is 4.19. The van der Waals surface area contributed by atoms with Crippen LogP contribution in [0.1, 0.15) is 40.0 Å². The summed E-state index contributed by atoms with van der Waals surface area (Å²) in [6, 6.07) is 1.21. The van der Waals surface area contributed by atoms with Crippen LogP contribution in [0.5, 0.6) is 0 Å². The average molecular weight is 197 g/mol. The van der Waals surface area contributed by atoms with Crippen molar-refractivity contribution in [2.24, 2.45) is 11.8 Å². The van der Waals surface area contributed by atoms with Gasteiger partial charge in [-0.05, 0) is 31.1 Å². The van der Waals surface area contributed by atoms with Crippen LogP contribution in [0.3, 0.4) is 0 Å². The molecule has 2 aliphatic rings. The number of morpholine rings is 1. The van der Waals surface area contributed by atoms with Crippen LogP contribution in [0.2, 0.25) is 0 Å². The van der Waals surface area contributed by atoms with Crippen LogP contribution < -0.4 is 5.32 Å². The molecular formula is C12H23NO. The number of ether oxygens (including phenoxy) is 1. The summed E-state index contributed by atoms with van der Waals surface area (Å²) < 4.78 is 5.96. The highest BCUT2D eigenvalue weighted by Gasteiger charge is 2.38. The topological polar surface area (TPSA) is 21.3 Å². The Kier molecular flexibility index (Phi) is 3.13. The minimum absolute atomic E-state index is 0.483. The van der Waals surface area contributed by atoms with Gasteiger partial charge in [-0.3, -0.25) is 0 Å². The van der Waals surface area contributed by atoms with Crippen LogP contribution >= 0.6 is 0 Å². The molecule has 1 aliphatic heterocycles. The molecule has 82 valence electrons. The highest BCUT2D eigenvalue weighted by Crippen LogP contribution is 2.33. The molecule has 14 heavy (non-hydrogen) atoms. The molecule has 0 spiro atoms. The zero-order valence-corrected chi connectivity index (χ0v) is 9.62. The van der Waals surface area contributed by atoms with E-state index in [-0.39, 0.29) is 0 Å². The van der Waals surface area contributed by atoms with E-state index in [1.807, 2.05) is 0 Å². The van der Waals surface area contributed by atoms with Gasteiger partial charge in [0.05, 0.1) is 12.7 Å². The summed E-state index contributed by atoms with van der Waals surface area (Å²) in [5.74, 6) is 1.62. The van der Waals surface area contributed by atoms with Crippen molar-refractivity contribution < 1.29 is 4.74 Å². The third-order valence-electron chi connectivity index (χ3n) is 3.85. The smallest absolute Gasteiger partial charge is 0.0734 e. The Bertz CT molecular complexity index is 195. The normalized spacial score (nSPS) is 48.6. The van der Waals surface area contributed by atoms with Crippen LogP contribution in [-0.2, 0) is 4.74 Å². The summed E-state index contributed by atoms with van der Waals surface area (Å²) in [5, 5.41) is 3.75. The first-order valence-electron chi connectivity index (χ1n) is 6.08. The van der Waals surface area contributed by atoms with Gasteiger partial charge in [-0.1, -0.05) is 20.8 Å². The van der Waals surface area contributed by atoms with Crippen molar-refractivity contribution in [3.05, 3.63) is 0 Å². The lowest BCUT2D eigenvalue weighted by Gasteiger charge is -2.45. The molecular weight excluding hydrogens is 174 g/mol. The maximum atomic E-state index is 5.96. The van der Waals surface area contributed by atoms with E-state index in [4.69, 9.17) is 4.74 Å². The molecule has 5 atom stereocenters. The zero-order valence-electron chi connectivity index (χ0n) is 9.62. The summed E-state index contributed by atoms with van der Waals surface area (Å²) in [7, 11) is 0. The van der Waals surface area contributed by atoms with Gasteiger partial charge >= 0.3 is 0 Å². The predicted molar refractivity (Wildman–Crippen MR) is 58.3 cm³/mol. The molecule has 2 nitrogen and oxygen atoms in total. The Hall–Kier alpha value is -0.0800. The van der Waals surface area contributed by atoms with Gasteiger partial charge in [0.2, 0.25) is 0 Å². The second-order valence-electron chi connectivity index (χ2n) is 5.22. The molecule has 0 bridgehead atoms. The van der Waals surface area contributed by atoms with Gasteiger partial charge < -0.3 is 10.1 Å². The highest BCUT2D eigenvalue weighted by molar-refractivity contribution is 4.93. The van der Waals surface area contributed by atoms with E-state index in [1.165, 1.54) is 19.3 Å². The first kappa shape index (κ1) is 10.4. The molecule has 0 aromatic carbocycles. The summed E-state index contributed by atoms with van der Waals surface area (Å²) >= 11 is 0. The molecule has 5 unspecified atom stereocenters. The van der Waals surface area contributed by atoms with E-state index >= 15 is 0 Å². The molecule has 0 aromatic rings. The van der Waals surface area contributed by atoms with Crippen molar-refractivity contribution in [1.29, 1.82) is 0 Å². The molecule has 1 saturated heterocycles. The number of nitrogens with one attached hydrogen (secondary N) is 1. The van der Waals surface area contributed by atoms with Crippen LogP contribution in [0, 0.1) is 11.8 Å². The maximum absolute atomic E-state index is 5.96. The SMILES string of the molecule is CCC1COC2CC(C)CC(C)C2N1. The number of hydrogen-bond donors (Lipinski definition) is 1. The van der Waals surface area contributed by atoms with Crippen LogP contribution in [0.25, 0.3) is 0 Å². The largest absolute Gasteiger partial charge is 0.375 e. The van der Waals surface area contributed by atoms with E-state index in [0.29, 0.717) is 18.2 Å². The fourth-order valence-electron chi connectivity index (χ4n) is 3.03. The molecule has 1 N–H and O–H groups in total. The second-order valence-corrected chi connectivity index (χ2v) is 5.22. The van der Waals surface area contributed by atoms with Crippen molar-refractivity contribution in [2.45, 2.75) is 58.2 Å². The summed E-state index contributed by atoms with van der Waals surface area (Å²) in [5.41, 5.74) is 0. The molecule has 2 fully saturated rings. The minimum atomic E-state index is 0.483. The van der Waals surface area contributed by atoms with E-state index in [2.05, 4.69) is 26.1 Å². The fraction of sp³-hybridized carbons (Fsp3) is 1.00. The maximum Gasteiger partial charge on any atom is 0.0734 e. The monoisotopic (exact) mass is 197 g/mol. The molecule has 0 radical (unpaired) electrons. The van der Waals surface area contributed by atoms with Gasteiger partial charge in [-0.15, -0.1) is 0 Å². The van der Waals surface area contributed by atoms with Crippen molar-refractivity contribution >= 4 is 0 Å². The standard InChI is InChI=1S/C12H23NO/c1-4-10-7-14-11-6-8(2)5-9(3)12(11)13-10/h8-13H,4-7H2,1-3H3. The molecule has 0 amide bonds. The van der Waals surface area contributed by atoms with E-state index < -0.39 is 0 Å². The zero-order chi connectivity index (χ0) is 10.1. The highest BCUT2D eigenvalue weighted by atomic mass is 16.5. The van der Waals surface area contributed by atoms with Gasteiger partial charge in [0.15, 0.2) is 0 Å². The number of fused-ring (bicyclic) bond motifs is 1. The molecule has 2 heteroatoms. The van der Waals surface area contributed by atoms with Crippen LogP contribution in [-0.4, -0.2) is 24.8 Å². The Labute approximate surface area is 87.4 Å². The van der Waals surface area contributed by atoms with Crippen LogP contribution in [0.15, 0.2) is 0 Å². The van der Waals surface area contributed by atoms with Crippen molar-refractivity contribution in [2.75, 3.05) is 6.61 Å². The van der Waals surface area contributed by atoms with Gasteiger partial charge in [0, 0.05) is 12.1 Å². The average Bonchev–Trinajstić information content (AvgIpc) is 2.17. The lowest BCUT2D eigenvalue weighted by Crippen LogP contribution is -2.58. The first-order chi connectivity index (χ1) is 6.70. The van der Waals surface area contributed by atoms with E-state index in [9.17, 15) is 0 Å². The Morgan fingerprint density at radius 3 is 2.79 bits per heavy atom. The van der Waals surface area contributed by atoms with Gasteiger partial charge in [-0.25, -0.2) is 0 Å². The minimum Gasteiger partial charge on any atom is -0.375 e. The summed E-state index contributed by atoms with van der Waals surface area (Å²) in [4.78, 5) is 0. The van der Waals surface area contributed by atoms with Crippen LogP contribution in [0.4, 0.5) is 0 Å². The lowest BCUT2D eigenvalue weighted by atomic mass is 9.77.